The van der Waals surface area contributed by atoms with Crippen molar-refractivity contribution in [1.29, 1.82) is 0 Å². The van der Waals surface area contributed by atoms with Gasteiger partial charge in [0.05, 0.1) is 11.1 Å². The van der Waals surface area contributed by atoms with Crippen LogP contribution in [0.3, 0.4) is 0 Å². The van der Waals surface area contributed by atoms with Crippen molar-refractivity contribution < 1.29 is 9.59 Å². The van der Waals surface area contributed by atoms with Crippen molar-refractivity contribution in [3.63, 3.8) is 0 Å². The van der Waals surface area contributed by atoms with E-state index < -0.39 is 5.41 Å². The molecule has 2 aliphatic heterocycles. The van der Waals surface area contributed by atoms with Crippen LogP contribution in [0.2, 0.25) is 0 Å². The lowest BCUT2D eigenvalue weighted by atomic mass is 9.80. The van der Waals surface area contributed by atoms with E-state index in [0.717, 1.165) is 30.0 Å². The Morgan fingerprint density at radius 1 is 1.23 bits per heavy atom. The second-order valence-electron chi connectivity index (χ2n) is 8.94. The van der Waals surface area contributed by atoms with Gasteiger partial charge in [-0.05, 0) is 31.5 Å². The lowest BCUT2D eigenvalue weighted by Gasteiger charge is -2.31. The molecule has 4 heterocycles. The maximum absolute atomic E-state index is 13.3. The summed E-state index contributed by atoms with van der Waals surface area (Å²) in [6, 6.07) is 5.97. The van der Waals surface area contributed by atoms with E-state index in [0.29, 0.717) is 19.6 Å². The molecule has 0 N–H and O–H groups in total. The molecule has 160 valence electrons. The minimum absolute atomic E-state index is 0.0281. The van der Waals surface area contributed by atoms with E-state index in [1.165, 1.54) is 0 Å². The molecule has 0 radical (unpaired) electrons. The third-order valence-corrected chi connectivity index (χ3v) is 6.38. The van der Waals surface area contributed by atoms with Crippen LogP contribution in [0.25, 0.3) is 0 Å². The first kappa shape index (κ1) is 20.5. The molecule has 0 aliphatic carbocycles. The first-order valence-corrected chi connectivity index (χ1v) is 10.4. The van der Waals surface area contributed by atoms with Crippen LogP contribution in [0.4, 0.5) is 0 Å². The molecule has 2 aliphatic rings. The molecule has 0 bridgehead atoms. The van der Waals surface area contributed by atoms with Crippen LogP contribution >= 0.6 is 0 Å². The van der Waals surface area contributed by atoms with E-state index in [9.17, 15) is 9.59 Å². The zero-order valence-electron chi connectivity index (χ0n) is 18.2. The van der Waals surface area contributed by atoms with E-state index in [2.05, 4.69) is 21.0 Å². The molecule has 4 rings (SSSR count). The van der Waals surface area contributed by atoms with Crippen molar-refractivity contribution in [2.75, 3.05) is 40.3 Å². The van der Waals surface area contributed by atoms with Gasteiger partial charge in [-0.1, -0.05) is 6.07 Å². The van der Waals surface area contributed by atoms with Gasteiger partial charge in [-0.25, -0.2) is 0 Å². The van der Waals surface area contributed by atoms with Crippen molar-refractivity contribution in [2.45, 2.75) is 26.9 Å². The van der Waals surface area contributed by atoms with Gasteiger partial charge in [0.1, 0.15) is 6.54 Å². The number of amides is 2. The van der Waals surface area contributed by atoms with Crippen molar-refractivity contribution in [3.8, 4) is 0 Å². The Kier molecular flexibility index (Phi) is 5.36. The van der Waals surface area contributed by atoms with E-state index in [1.54, 1.807) is 29.9 Å². The third kappa shape index (κ3) is 3.71. The Labute approximate surface area is 177 Å². The Bertz CT molecular complexity index is 940. The van der Waals surface area contributed by atoms with E-state index in [4.69, 9.17) is 0 Å². The van der Waals surface area contributed by atoms with Crippen LogP contribution in [0.1, 0.15) is 17.0 Å². The largest absolute Gasteiger partial charge is 0.348 e. The molecule has 2 aromatic heterocycles. The average Bonchev–Trinajstić information content (AvgIpc) is 3.32. The van der Waals surface area contributed by atoms with Gasteiger partial charge in [0, 0.05) is 70.8 Å². The number of hydrogen-bond donors (Lipinski definition) is 0. The average molecular weight is 411 g/mol. The standard InChI is InChI=1S/C22H30N6O2/c1-16-8-17(2)28(24-16)13-20(29)27-12-19-11-26(10-18-6-5-7-23-9-18)14-22(19,15-27)21(30)25(3)4/h5-9,19H,10-15H2,1-4H3/t19-,22-/m0/s1. The number of pyridine rings is 1. The molecule has 30 heavy (non-hydrogen) atoms. The quantitative estimate of drug-likeness (QED) is 0.734. The fourth-order valence-corrected chi connectivity index (χ4v) is 5.04. The zero-order chi connectivity index (χ0) is 21.5. The molecule has 0 unspecified atom stereocenters. The van der Waals surface area contributed by atoms with E-state index in [1.807, 2.05) is 37.1 Å². The van der Waals surface area contributed by atoms with E-state index in [-0.39, 0.29) is 24.3 Å². The summed E-state index contributed by atoms with van der Waals surface area (Å²) in [6.45, 7) is 7.42. The summed E-state index contributed by atoms with van der Waals surface area (Å²) in [5.74, 6) is 0.274. The fourth-order valence-electron chi connectivity index (χ4n) is 5.04. The SMILES string of the molecule is Cc1cc(C)n(CC(=O)N2C[C@@H]3CN(Cc4cccnc4)C[C@]3(C(=O)N(C)C)C2)n1. The Morgan fingerprint density at radius 2 is 2.03 bits per heavy atom. The number of carbonyl (C=O) groups is 2. The van der Waals surface area contributed by atoms with Gasteiger partial charge in [-0.2, -0.15) is 5.10 Å². The molecule has 2 amide bonds. The van der Waals surface area contributed by atoms with Gasteiger partial charge in [-0.3, -0.25) is 24.2 Å². The second-order valence-corrected chi connectivity index (χ2v) is 8.94. The topological polar surface area (TPSA) is 74.6 Å². The summed E-state index contributed by atoms with van der Waals surface area (Å²) in [7, 11) is 3.61. The molecule has 2 aromatic rings. The lowest BCUT2D eigenvalue weighted by Crippen LogP contribution is -2.47. The number of carbonyl (C=O) groups excluding carboxylic acids is 2. The summed E-state index contributed by atoms with van der Waals surface area (Å²) in [6.07, 6.45) is 3.64. The van der Waals surface area contributed by atoms with Gasteiger partial charge >= 0.3 is 0 Å². The summed E-state index contributed by atoms with van der Waals surface area (Å²) >= 11 is 0. The summed E-state index contributed by atoms with van der Waals surface area (Å²) in [5.41, 5.74) is 2.48. The van der Waals surface area contributed by atoms with Crippen molar-refractivity contribution >= 4 is 11.8 Å². The van der Waals surface area contributed by atoms with Gasteiger partial charge in [0.2, 0.25) is 11.8 Å². The Hall–Kier alpha value is -2.74. The summed E-state index contributed by atoms with van der Waals surface area (Å²) in [5, 5.41) is 4.41. The van der Waals surface area contributed by atoms with Crippen molar-refractivity contribution in [2.24, 2.45) is 11.3 Å². The monoisotopic (exact) mass is 410 g/mol. The maximum Gasteiger partial charge on any atom is 0.244 e. The molecular formula is C22H30N6O2. The zero-order valence-corrected chi connectivity index (χ0v) is 18.2. The van der Waals surface area contributed by atoms with Gasteiger partial charge in [0.15, 0.2) is 0 Å². The van der Waals surface area contributed by atoms with Crippen LogP contribution in [-0.2, 0) is 22.7 Å². The minimum Gasteiger partial charge on any atom is -0.348 e. The summed E-state index contributed by atoms with van der Waals surface area (Å²) < 4.78 is 1.75. The lowest BCUT2D eigenvalue weighted by molar-refractivity contribution is -0.140. The first-order valence-electron chi connectivity index (χ1n) is 10.4. The number of nitrogens with zero attached hydrogens (tertiary/aromatic N) is 6. The normalized spacial score (nSPS) is 23.6. The van der Waals surface area contributed by atoms with Gasteiger partial charge in [-0.15, -0.1) is 0 Å². The van der Waals surface area contributed by atoms with Crippen molar-refractivity contribution in [1.82, 2.24) is 29.5 Å². The molecule has 2 atom stereocenters. The van der Waals surface area contributed by atoms with Crippen LogP contribution in [-0.4, -0.2) is 81.6 Å². The number of hydrogen-bond acceptors (Lipinski definition) is 5. The Morgan fingerprint density at radius 3 is 2.67 bits per heavy atom. The number of likely N-dealkylation sites (tertiary alicyclic amines) is 2. The molecule has 0 spiro atoms. The molecule has 0 aromatic carbocycles. The number of rotatable bonds is 5. The molecule has 8 heteroatoms. The smallest absolute Gasteiger partial charge is 0.244 e. The summed E-state index contributed by atoms with van der Waals surface area (Å²) in [4.78, 5) is 36.4. The van der Waals surface area contributed by atoms with Gasteiger partial charge < -0.3 is 9.80 Å². The van der Waals surface area contributed by atoms with Crippen LogP contribution in [0.5, 0.6) is 0 Å². The number of aromatic nitrogens is 3. The second kappa shape index (κ2) is 7.83. The molecule has 0 saturated carbocycles. The molecule has 2 saturated heterocycles. The number of fused-ring (bicyclic) bond motifs is 1. The molecule has 8 nitrogen and oxygen atoms in total. The Balaban J connectivity index is 1.50. The van der Waals surface area contributed by atoms with Crippen molar-refractivity contribution in [3.05, 3.63) is 47.5 Å². The first-order chi connectivity index (χ1) is 14.3. The molecular weight excluding hydrogens is 380 g/mol. The van der Waals surface area contributed by atoms with Crippen LogP contribution < -0.4 is 0 Å². The minimum atomic E-state index is -0.545. The highest BCUT2D eigenvalue weighted by Gasteiger charge is 2.58. The van der Waals surface area contributed by atoms with Crippen LogP contribution in [0.15, 0.2) is 30.6 Å². The highest BCUT2D eigenvalue weighted by molar-refractivity contribution is 5.86. The maximum atomic E-state index is 13.3. The van der Waals surface area contributed by atoms with Gasteiger partial charge in [0.25, 0.3) is 0 Å². The van der Waals surface area contributed by atoms with Crippen LogP contribution in [0, 0.1) is 25.2 Å². The highest BCUT2D eigenvalue weighted by Crippen LogP contribution is 2.44. The third-order valence-electron chi connectivity index (χ3n) is 6.38. The highest BCUT2D eigenvalue weighted by atomic mass is 16.2. The molecule has 2 fully saturated rings. The predicted molar refractivity (Wildman–Crippen MR) is 112 cm³/mol. The number of aryl methyl sites for hydroxylation is 2. The predicted octanol–water partition coefficient (Wildman–Crippen LogP) is 0.944. The van der Waals surface area contributed by atoms with E-state index >= 15 is 0 Å². The fraction of sp³-hybridized carbons (Fsp3) is 0.545.